The Hall–Kier alpha value is -2.62. The normalized spacial score (nSPS) is 11.7. The monoisotopic (exact) mass is 1740 g/mol. The first-order valence-electron chi connectivity index (χ1n) is 38.7. The number of nitrogens with zero attached hydrogens (tertiary/aromatic N) is 2. The van der Waals surface area contributed by atoms with Crippen molar-refractivity contribution in [3.8, 4) is 0 Å². The first kappa shape index (κ1) is 118. The Balaban J connectivity index is -0.000000226. The van der Waals surface area contributed by atoms with Crippen molar-refractivity contribution in [1.29, 1.82) is 0 Å². The van der Waals surface area contributed by atoms with Gasteiger partial charge in [-0.05, 0) is 209 Å². The molecule has 22 heteroatoms. The Bertz CT molecular complexity index is 2590. The predicted molar refractivity (Wildman–Crippen MR) is 458 cm³/mol. The van der Waals surface area contributed by atoms with Crippen molar-refractivity contribution in [1.82, 2.24) is 0 Å². The van der Waals surface area contributed by atoms with Gasteiger partial charge in [0.25, 0.3) is 0 Å². The number of hydrogen-bond acceptors (Lipinski definition) is 16. The van der Waals surface area contributed by atoms with Crippen LogP contribution in [-0.2, 0) is 110 Å². The minimum atomic E-state index is -4.02. The van der Waals surface area contributed by atoms with E-state index >= 15 is 0 Å². The van der Waals surface area contributed by atoms with E-state index in [1.807, 2.05) is 177 Å². The summed E-state index contributed by atoms with van der Waals surface area (Å²) in [7, 11) is -13.3. The molecule has 620 valence electrons. The maximum absolute atomic E-state index is 10.9. The van der Waals surface area contributed by atoms with Crippen molar-refractivity contribution in [3.05, 3.63) is 156 Å². The third-order valence-electron chi connectivity index (χ3n) is 13.6. The van der Waals surface area contributed by atoms with Crippen molar-refractivity contribution in [2.75, 3.05) is 7.11 Å². The van der Waals surface area contributed by atoms with Crippen LogP contribution in [0.3, 0.4) is 0 Å². The third kappa shape index (κ3) is 51.0. The smallest absolute Gasteiger partial charge is 0.368 e. The molecule has 1 N–H and O–H groups in total. The predicted octanol–water partition coefficient (Wildman–Crippen LogP) is 24.5. The van der Waals surface area contributed by atoms with Crippen molar-refractivity contribution in [2.45, 2.75) is 359 Å². The molecule has 0 aliphatic heterocycles. The van der Waals surface area contributed by atoms with Gasteiger partial charge in [0, 0.05) is 121 Å². The first-order valence-corrected chi connectivity index (χ1v) is 45.2. The van der Waals surface area contributed by atoms with Gasteiger partial charge in [0.05, 0.1) is 11.4 Å². The molecule has 16 nitrogen and oxygen atoms in total. The van der Waals surface area contributed by atoms with Gasteiger partial charge in [-0.1, -0.05) is 234 Å². The molecule has 0 radical (unpaired) electrons. The molecule has 0 amide bonds. The summed E-state index contributed by atoms with van der Waals surface area (Å²) in [5.41, 5.74) is 10.2. The summed E-state index contributed by atoms with van der Waals surface area (Å²) in [6, 6.07) is 33.6. The summed E-state index contributed by atoms with van der Waals surface area (Å²) >= 11 is 0. The number of para-hydroxylation sites is 2. The van der Waals surface area contributed by atoms with E-state index in [0.29, 0.717) is 23.7 Å². The fourth-order valence-corrected chi connectivity index (χ4v) is 20.4. The van der Waals surface area contributed by atoms with Crippen LogP contribution in [0.4, 0.5) is 11.4 Å². The Morgan fingerprint density at radius 2 is 0.514 bits per heavy atom. The van der Waals surface area contributed by atoms with Gasteiger partial charge in [-0.2, -0.15) is 0 Å². The van der Waals surface area contributed by atoms with Crippen LogP contribution >= 0.6 is 0 Å². The SMILES string of the molecule is C=CC(C)(C)c1ccccc1.C=CC(C)(C)c1ccccc1.C=Nc1c(C(C)C)cccc1C(C)C.C=Nc1c(C(C)C)cccc1C(C)C.CC.CC.CC.CC(C)O[Si](O)(OC(C)C)O[Si](OC(C)C)(OC(C)C)OC(C)C.CO[Si](OC(C)C)(OC(C)C)O[Si](OC(C)C)(OC(C)C)OC(C)C.[Mo].[Mo]. The number of hydrogen-bond donors (Lipinski definition) is 1. The summed E-state index contributed by atoms with van der Waals surface area (Å²) in [6.45, 7) is 90.4. The minimum Gasteiger partial charge on any atom is -0.368 e. The van der Waals surface area contributed by atoms with E-state index in [9.17, 15) is 4.80 Å². The van der Waals surface area contributed by atoms with Gasteiger partial charge in [0.1, 0.15) is 0 Å². The van der Waals surface area contributed by atoms with E-state index in [1.54, 1.807) is 27.7 Å². The molecule has 4 rings (SSSR count). The molecule has 0 heterocycles. The van der Waals surface area contributed by atoms with E-state index in [-0.39, 0.29) is 114 Å². The summed E-state index contributed by atoms with van der Waals surface area (Å²) in [5.74, 6) is 2.03. The summed E-state index contributed by atoms with van der Waals surface area (Å²) in [4.78, 5) is 19.2. The molecule has 0 atom stereocenters. The molecule has 4 aromatic rings. The number of benzene rings is 4. The molecule has 0 unspecified atom stereocenters. The van der Waals surface area contributed by atoms with Gasteiger partial charge < -0.3 is 61.7 Å². The molecule has 0 fully saturated rings. The van der Waals surface area contributed by atoms with Crippen LogP contribution < -0.4 is 0 Å². The van der Waals surface area contributed by atoms with Gasteiger partial charge in [-0.3, -0.25) is 9.98 Å². The average molecular weight is 1740 g/mol. The van der Waals surface area contributed by atoms with Crippen LogP contribution in [0.25, 0.3) is 0 Å². The van der Waals surface area contributed by atoms with Crippen LogP contribution in [0.5, 0.6) is 0 Å². The molecule has 4 aromatic carbocycles. The van der Waals surface area contributed by atoms with Crippen molar-refractivity contribution < 1.29 is 104 Å². The molecular formula is C85H158Mo2N2O14Si4. The molecular weight excluding hydrogens is 1580 g/mol. The Labute approximate surface area is 691 Å². The zero-order valence-electron chi connectivity index (χ0n) is 74.8. The Kier molecular flexibility index (Phi) is 68.0. The van der Waals surface area contributed by atoms with Crippen LogP contribution in [0.15, 0.2) is 132 Å². The van der Waals surface area contributed by atoms with E-state index in [0.717, 1.165) is 11.4 Å². The number of aliphatic imine (C=N–C) groups is 2. The number of allylic oxidation sites excluding steroid dienone is 2. The fourth-order valence-electron chi connectivity index (χ4n) is 9.18. The standard InChI is InChI=1S/C16H38O7Si2.C15H36O7Si2.2C13H19N.2C11H14.3C2H6.2Mo/c1-12(2)18-24(17-11,19-13(3)4)23-25(20-14(5)6,21-15(7)8)22-16(9)10;1-11(2)17-23(16,18-12(3)4)22-24(19-13(5)6,20-14(7)8)21-15(9)10;2*1-9(2)11-7-6-8-12(10(3)4)13(11)14-5;2*1-4-11(2,3)10-8-6-5-7-9-10;3*1-2;;/h12-16H,1-11H3;11-16H,1-10H3;2*6-10H,5H2,1-4H3;2*4-9H,1H2,2-3H3;3*1-2H3;;. The average Bonchev–Trinajstić information content (AvgIpc) is 0.681. The van der Waals surface area contributed by atoms with E-state index in [2.05, 4.69) is 205 Å². The van der Waals surface area contributed by atoms with Crippen LogP contribution in [-0.4, -0.2) is 123 Å². The molecule has 0 saturated heterocycles. The molecule has 0 aliphatic carbocycles. The second-order valence-electron chi connectivity index (χ2n) is 29.2. The van der Waals surface area contributed by atoms with Crippen molar-refractivity contribution in [3.63, 3.8) is 0 Å². The topological polar surface area (TPSA) is 165 Å². The molecule has 0 aliphatic rings. The van der Waals surface area contributed by atoms with E-state index in [1.165, 1.54) is 40.5 Å². The molecule has 0 bridgehead atoms. The third-order valence-corrected chi connectivity index (χ3v) is 25.8. The fraction of sp³-hybridized carbons (Fsp3) is 0.647. The minimum absolute atomic E-state index is 0. The Morgan fingerprint density at radius 3 is 0.682 bits per heavy atom. The van der Waals surface area contributed by atoms with Crippen LogP contribution in [0, 0.1) is 0 Å². The van der Waals surface area contributed by atoms with Gasteiger partial charge in [-0.25, -0.2) is 0 Å². The van der Waals surface area contributed by atoms with Gasteiger partial charge in [-0.15, -0.1) is 13.2 Å². The van der Waals surface area contributed by atoms with E-state index in [4.69, 9.17) is 56.9 Å². The second-order valence-corrected chi connectivity index (χ2v) is 37.6. The largest absolute Gasteiger partial charge is 0.674 e. The van der Waals surface area contributed by atoms with E-state index < -0.39 is 36.2 Å². The maximum Gasteiger partial charge on any atom is 0.674 e. The summed E-state index contributed by atoms with van der Waals surface area (Å²) in [6.07, 6.45) is 1.92. The zero-order valence-corrected chi connectivity index (χ0v) is 82.8. The van der Waals surface area contributed by atoms with Gasteiger partial charge >= 0.3 is 36.2 Å². The number of rotatable bonds is 35. The summed E-state index contributed by atoms with van der Waals surface area (Å²) < 4.78 is 76.8. The molecule has 0 spiro atoms. The summed E-state index contributed by atoms with van der Waals surface area (Å²) in [5, 5.41) is 0. The van der Waals surface area contributed by atoms with Gasteiger partial charge in [0.2, 0.25) is 0 Å². The van der Waals surface area contributed by atoms with Crippen LogP contribution in [0.1, 0.15) is 320 Å². The second kappa shape index (κ2) is 61.8. The first-order chi connectivity index (χ1) is 48.6. The molecule has 107 heavy (non-hydrogen) atoms. The molecule has 0 aromatic heterocycles. The maximum atomic E-state index is 10.9. The van der Waals surface area contributed by atoms with Crippen LogP contribution in [0.2, 0.25) is 0 Å². The van der Waals surface area contributed by atoms with Crippen molar-refractivity contribution >= 4 is 61.0 Å². The van der Waals surface area contributed by atoms with Crippen molar-refractivity contribution in [2.24, 2.45) is 9.98 Å². The Morgan fingerprint density at radius 1 is 0.318 bits per heavy atom. The quantitative estimate of drug-likeness (QED) is 0.0263. The zero-order chi connectivity index (χ0) is 83.0. The van der Waals surface area contributed by atoms with Gasteiger partial charge in [0.15, 0.2) is 0 Å². The molecule has 0 saturated carbocycles.